The summed E-state index contributed by atoms with van der Waals surface area (Å²) in [6.45, 7) is 20.3. The molecule has 7 rings (SSSR count). The zero-order valence-corrected chi connectivity index (χ0v) is 32.7. The van der Waals surface area contributed by atoms with E-state index in [0.717, 1.165) is 76.2 Å². The molecule has 282 valence electrons. The van der Waals surface area contributed by atoms with E-state index >= 15 is 0 Å². The van der Waals surface area contributed by atoms with Gasteiger partial charge in [0.05, 0.1) is 75.7 Å². The molecule has 6 heteroatoms. The van der Waals surface area contributed by atoms with Gasteiger partial charge in [-0.15, -0.1) is 0 Å². The molecule has 4 aromatic carbocycles. The number of ether oxygens (including phenoxy) is 6. The van der Waals surface area contributed by atoms with Crippen molar-refractivity contribution in [2.75, 3.05) is 59.5 Å². The summed E-state index contributed by atoms with van der Waals surface area (Å²) in [6, 6.07) is 35.2. The lowest BCUT2D eigenvalue weighted by molar-refractivity contribution is -0.133. The van der Waals surface area contributed by atoms with Gasteiger partial charge in [0.15, 0.2) is 0 Å². The fourth-order valence-corrected chi connectivity index (χ4v) is 7.67. The Bertz CT molecular complexity index is 1710. The van der Waals surface area contributed by atoms with Gasteiger partial charge in [-0.25, -0.2) is 0 Å². The second-order valence-electron chi connectivity index (χ2n) is 16.8. The zero-order chi connectivity index (χ0) is 37.2. The van der Waals surface area contributed by atoms with E-state index in [4.69, 9.17) is 28.4 Å². The Morgan fingerprint density at radius 3 is 1.11 bits per heavy atom. The molecule has 0 saturated carbocycles. The van der Waals surface area contributed by atoms with Crippen molar-refractivity contribution in [1.82, 2.24) is 0 Å². The maximum atomic E-state index is 6.32. The van der Waals surface area contributed by atoms with Crippen LogP contribution in [0, 0.1) is 16.2 Å². The van der Waals surface area contributed by atoms with Crippen LogP contribution in [0.15, 0.2) is 97.1 Å². The smallest absolute Gasteiger partial charge is 0.119 e. The minimum Gasteiger partial charge on any atom is -0.493 e. The van der Waals surface area contributed by atoms with E-state index in [2.05, 4.69) is 139 Å². The average molecular weight is 719 g/mol. The van der Waals surface area contributed by atoms with Crippen molar-refractivity contribution < 1.29 is 28.4 Å². The summed E-state index contributed by atoms with van der Waals surface area (Å²) in [5.41, 5.74) is 5.85. The Hall–Kier alpha value is -3.84. The van der Waals surface area contributed by atoms with E-state index in [-0.39, 0.29) is 21.7 Å². The minimum atomic E-state index is -0.444. The second kappa shape index (κ2) is 15.1. The normalized spacial score (nSPS) is 18.6. The van der Waals surface area contributed by atoms with E-state index in [1.165, 1.54) is 27.8 Å². The van der Waals surface area contributed by atoms with Crippen LogP contribution < -0.4 is 14.2 Å². The van der Waals surface area contributed by atoms with Gasteiger partial charge in [0.2, 0.25) is 0 Å². The minimum absolute atomic E-state index is 0.128. The van der Waals surface area contributed by atoms with E-state index < -0.39 is 5.41 Å². The summed E-state index contributed by atoms with van der Waals surface area (Å²) < 4.78 is 35.4. The van der Waals surface area contributed by atoms with Gasteiger partial charge in [0.1, 0.15) is 17.2 Å². The molecule has 3 fully saturated rings. The average Bonchev–Trinajstić information content (AvgIpc) is 3.14. The number of rotatable bonds is 17. The van der Waals surface area contributed by atoms with Crippen LogP contribution in [0.25, 0.3) is 0 Å². The molecule has 4 aromatic rings. The van der Waals surface area contributed by atoms with Crippen LogP contribution >= 0.6 is 0 Å². The summed E-state index contributed by atoms with van der Waals surface area (Å²) in [7, 11) is 0. The molecule has 3 aliphatic rings. The van der Waals surface area contributed by atoms with Gasteiger partial charge in [-0.3, -0.25) is 0 Å². The molecule has 3 heterocycles. The molecule has 0 spiro atoms. The molecule has 3 aliphatic heterocycles. The fraction of sp³-hybridized carbons (Fsp3) is 0.489. The lowest BCUT2D eigenvalue weighted by Gasteiger charge is -2.40. The first-order valence-electron chi connectivity index (χ1n) is 19.6. The number of hydrogen-bond donors (Lipinski definition) is 0. The highest BCUT2D eigenvalue weighted by Gasteiger charge is 2.40. The largest absolute Gasteiger partial charge is 0.493 e. The molecule has 0 atom stereocenters. The highest BCUT2D eigenvalue weighted by atomic mass is 16.5. The summed E-state index contributed by atoms with van der Waals surface area (Å²) >= 11 is 0. The zero-order valence-electron chi connectivity index (χ0n) is 32.7. The van der Waals surface area contributed by atoms with Gasteiger partial charge >= 0.3 is 0 Å². The van der Waals surface area contributed by atoms with Crippen molar-refractivity contribution >= 4 is 0 Å². The van der Waals surface area contributed by atoms with Crippen LogP contribution in [0.1, 0.15) is 88.6 Å². The van der Waals surface area contributed by atoms with Gasteiger partial charge < -0.3 is 28.4 Å². The number of benzene rings is 4. The molecule has 0 unspecified atom stereocenters. The maximum Gasteiger partial charge on any atom is 0.119 e. The molecular formula is C47H58O6. The third-order valence-electron chi connectivity index (χ3n) is 12.9. The van der Waals surface area contributed by atoms with Crippen LogP contribution in [-0.2, 0) is 25.0 Å². The molecule has 0 radical (unpaired) electrons. The molecule has 0 amide bonds. The summed E-state index contributed by atoms with van der Waals surface area (Å²) in [6.07, 6.45) is 3.17. The Balaban J connectivity index is 1.16. The maximum absolute atomic E-state index is 6.32. The van der Waals surface area contributed by atoms with Crippen LogP contribution in [0.4, 0.5) is 0 Å². The summed E-state index contributed by atoms with van der Waals surface area (Å²) in [4.78, 5) is 0. The SMILES string of the molecule is CCC1(COc2ccc(C(C)(C)c3cccc(C(C)(c4ccc(OCC5(CC)COC5)cc4)c4ccc(OCC5(CC)COC5)cc4)c3)cc2)COC1. The molecule has 0 N–H and O–H groups in total. The van der Waals surface area contributed by atoms with Crippen molar-refractivity contribution in [3.8, 4) is 17.2 Å². The van der Waals surface area contributed by atoms with E-state index in [1.54, 1.807) is 0 Å². The molecule has 0 aromatic heterocycles. The number of hydrogen-bond acceptors (Lipinski definition) is 6. The second-order valence-corrected chi connectivity index (χ2v) is 16.8. The van der Waals surface area contributed by atoms with E-state index in [0.29, 0.717) is 19.8 Å². The Morgan fingerprint density at radius 1 is 0.453 bits per heavy atom. The van der Waals surface area contributed by atoms with Crippen molar-refractivity contribution in [3.05, 3.63) is 125 Å². The molecule has 0 bridgehead atoms. The van der Waals surface area contributed by atoms with Crippen molar-refractivity contribution in [1.29, 1.82) is 0 Å². The summed E-state index contributed by atoms with van der Waals surface area (Å²) in [5, 5.41) is 0. The predicted molar refractivity (Wildman–Crippen MR) is 211 cm³/mol. The van der Waals surface area contributed by atoms with E-state index in [1.807, 2.05) is 0 Å². The third-order valence-corrected chi connectivity index (χ3v) is 12.9. The fourth-order valence-electron chi connectivity index (χ4n) is 7.67. The van der Waals surface area contributed by atoms with Crippen molar-refractivity contribution in [2.45, 2.75) is 71.6 Å². The lowest BCUT2D eigenvalue weighted by Crippen LogP contribution is -2.46. The standard InChI is InChI=1S/C47H58O6/c1-7-45(26-48-27-45)32-51-40-19-13-35(14-20-40)43(4,5)38-11-10-12-39(25-38)44(6,36-15-21-41(22-16-36)52-33-46(8-2)28-49-29-46)37-17-23-42(24-18-37)53-34-47(9-3)30-50-31-47/h10-25H,7-9,26-34H2,1-6H3. The van der Waals surface area contributed by atoms with Gasteiger partial charge in [0.25, 0.3) is 0 Å². The molecule has 6 nitrogen and oxygen atoms in total. The monoisotopic (exact) mass is 718 g/mol. The van der Waals surface area contributed by atoms with Gasteiger partial charge in [0, 0.05) is 10.8 Å². The Morgan fingerprint density at radius 2 is 0.792 bits per heavy atom. The summed E-state index contributed by atoms with van der Waals surface area (Å²) in [5.74, 6) is 2.68. The lowest BCUT2D eigenvalue weighted by atomic mass is 9.69. The van der Waals surface area contributed by atoms with Crippen molar-refractivity contribution in [2.24, 2.45) is 16.2 Å². The topological polar surface area (TPSA) is 55.4 Å². The van der Waals surface area contributed by atoms with Crippen LogP contribution in [0.3, 0.4) is 0 Å². The van der Waals surface area contributed by atoms with Gasteiger partial charge in [-0.1, -0.05) is 95.3 Å². The van der Waals surface area contributed by atoms with Crippen molar-refractivity contribution in [3.63, 3.8) is 0 Å². The van der Waals surface area contributed by atoms with Crippen LogP contribution in [-0.4, -0.2) is 59.5 Å². The predicted octanol–water partition coefficient (Wildman–Crippen LogP) is 9.78. The van der Waals surface area contributed by atoms with Gasteiger partial charge in [-0.2, -0.15) is 0 Å². The highest BCUT2D eigenvalue weighted by molar-refractivity contribution is 5.53. The Labute approximate surface area is 317 Å². The highest BCUT2D eigenvalue weighted by Crippen LogP contribution is 2.43. The van der Waals surface area contributed by atoms with Crippen LogP contribution in [0.5, 0.6) is 17.2 Å². The first-order valence-corrected chi connectivity index (χ1v) is 19.6. The van der Waals surface area contributed by atoms with Crippen LogP contribution in [0.2, 0.25) is 0 Å². The molecule has 0 aliphatic carbocycles. The molecular weight excluding hydrogens is 661 g/mol. The third kappa shape index (κ3) is 7.48. The first-order chi connectivity index (χ1) is 25.6. The first kappa shape index (κ1) is 37.5. The van der Waals surface area contributed by atoms with Gasteiger partial charge in [-0.05, 0) is 90.4 Å². The quantitative estimate of drug-likeness (QED) is 0.101. The molecule has 53 heavy (non-hydrogen) atoms. The Kier molecular flexibility index (Phi) is 10.7. The molecule has 3 saturated heterocycles. The van der Waals surface area contributed by atoms with E-state index in [9.17, 15) is 0 Å².